The molecule has 2 N–H and O–H groups in total. The van der Waals surface area contributed by atoms with Gasteiger partial charge in [-0.25, -0.2) is 0 Å². The summed E-state index contributed by atoms with van der Waals surface area (Å²) in [5.74, 6) is -0.207. The number of hydrogen-bond acceptors (Lipinski definition) is 3. The highest BCUT2D eigenvalue weighted by molar-refractivity contribution is 5.73. The quantitative estimate of drug-likeness (QED) is 0.587. The van der Waals surface area contributed by atoms with E-state index in [1.54, 1.807) is 6.92 Å². The third-order valence-corrected chi connectivity index (χ3v) is 2.01. The van der Waals surface area contributed by atoms with E-state index >= 15 is 0 Å². The molecule has 0 fully saturated rings. The first kappa shape index (κ1) is 10.6. The molecule has 0 saturated heterocycles. The van der Waals surface area contributed by atoms with E-state index in [9.17, 15) is 4.79 Å². The van der Waals surface area contributed by atoms with Gasteiger partial charge >= 0.3 is 5.97 Å². The lowest BCUT2D eigenvalue weighted by atomic mass is 10.1. The highest BCUT2D eigenvalue weighted by Gasteiger charge is 2.06. The molecule has 1 aromatic carbocycles. The molecule has 1 aromatic rings. The van der Waals surface area contributed by atoms with Gasteiger partial charge in [-0.3, -0.25) is 4.79 Å². The average molecular weight is 193 g/mol. The van der Waals surface area contributed by atoms with Crippen LogP contribution in [0, 0.1) is 6.92 Å². The maximum absolute atomic E-state index is 11.2. The number of aryl methyl sites for hydroxylation is 1. The van der Waals surface area contributed by atoms with Crippen LogP contribution in [0.2, 0.25) is 0 Å². The Labute approximate surface area is 83.9 Å². The fourth-order valence-corrected chi connectivity index (χ4v) is 1.25. The number of hydrogen-bond donors (Lipinski definition) is 1. The summed E-state index contributed by atoms with van der Waals surface area (Å²) in [5.41, 5.74) is 8.30. The van der Waals surface area contributed by atoms with Crippen LogP contribution in [0.25, 0.3) is 0 Å². The molecule has 0 radical (unpaired) electrons. The summed E-state index contributed by atoms with van der Waals surface area (Å²) >= 11 is 0. The van der Waals surface area contributed by atoms with Gasteiger partial charge in [0.25, 0.3) is 0 Å². The number of esters is 1. The number of rotatable bonds is 3. The molecule has 0 aromatic heterocycles. The predicted octanol–water partition coefficient (Wildman–Crippen LogP) is 1.68. The van der Waals surface area contributed by atoms with Gasteiger partial charge in [-0.2, -0.15) is 0 Å². The van der Waals surface area contributed by atoms with Crippen molar-refractivity contribution in [1.82, 2.24) is 0 Å². The van der Waals surface area contributed by atoms with Crippen LogP contribution < -0.4 is 5.73 Å². The van der Waals surface area contributed by atoms with Crippen molar-refractivity contribution in [2.75, 3.05) is 12.3 Å². The van der Waals surface area contributed by atoms with Crippen LogP contribution in [-0.4, -0.2) is 12.6 Å². The summed E-state index contributed by atoms with van der Waals surface area (Å²) in [6.07, 6.45) is 0.296. The standard InChI is InChI=1S/C11H15NO2/c1-3-14-11(13)7-9-6-10(12)5-4-8(9)2/h4-6H,3,7,12H2,1-2H3. The van der Waals surface area contributed by atoms with Gasteiger partial charge < -0.3 is 10.5 Å². The Kier molecular flexibility index (Phi) is 3.51. The molecular formula is C11H15NO2. The first-order valence-electron chi connectivity index (χ1n) is 4.64. The zero-order valence-corrected chi connectivity index (χ0v) is 8.54. The molecular weight excluding hydrogens is 178 g/mol. The van der Waals surface area contributed by atoms with Crippen LogP contribution in [0.15, 0.2) is 18.2 Å². The normalized spacial score (nSPS) is 9.86. The zero-order chi connectivity index (χ0) is 10.6. The molecule has 0 aliphatic rings. The number of ether oxygens (including phenoxy) is 1. The largest absolute Gasteiger partial charge is 0.466 e. The summed E-state index contributed by atoms with van der Waals surface area (Å²) in [6, 6.07) is 5.54. The minimum Gasteiger partial charge on any atom is -0.466 e. The summed E-state index contributed by atoms with van der Waals surface area (Å²) in [5, 5.41) is 0. The Morgan fingerprint density at radius 1 is 1.50 bits per heavy atom. The first-order chi connectivity index (χ1) is 6.63. The van der Waals surface area contributed by atoms with E-state index in [1.165, 1.54) is 0 Å². The van der Waals surface area contributed by atoms with Gasteiger partial charge in [0.2, 0.25) is 0 Å². The summed E-state index contributed by atoms with van der Waals surface area (Å²) < 4.78 is 4.86. The van der Waals surface area contributed by atoms with Crippen molar-refractivity contribution >= 4 is 11.7 Å². The number of nitrogens with two attached hydrogens (primary N) is 1. The number of nitrogen functional groups attached to an aromatic ring is 1. The van der Waals surface area contributed by atoms with Crippen molar-refractivity contribution in [3.05, 3.63) is 29.3 Å². The highest BCUT2D eigenvalue weighted by atomic mass is 16.5. The summed E-state index contributed by atoms with van der Waals surface area (Å²) in [4.78, 5) is 11.2. The summed E-state index contributed by atoms with van der Waals surface area (Å²) in [7, 11) is 0. The molecule has 0 amide bonds. The third-order valence-electron chi connectivity index (χ3n) is 2.01. The maximum atomic E-state index is 11.2. The van der Waals surface area contributed by atoms with Crippen LogP contribution in [0.5, 0.6) is 0 Å². The molecule has 0 bridgehead atoms. The number of anilines is 1. The van der Waals surface area contributed by atoms with Gasteiger partial charge in [0.1, 0.15) is 0 Å². The Morgan fingerprint density at radius 3 is 2.86 bits per heavy atom. The summed E-state index contributed by atoms with van der Waals surface area (Å²) in [6.45, 7) is 4.16. The van der Waals surface area contributed by atoms with Crippen molar-refractivity contribution < 1.29 is 9.53 Å². The second-order valence-corrected chi connectivity index (χ2v) is 3.17. The first-order valence-corrected chi connectivity index (χ1v) is 4.64. The van der Waals surface area contributed by atoms with Gasteiger partial charge in [-0.15, -0.1) is 0 Å². The smallest absolute Gasteiger partial charge is 0.310 e. The lowest BCUT2D eigenvalue weighted by Gasteiger charge is -2.06. The molecule has 0 unspecified atom stereocenters. The lowest BCUT2D eigenvalue weighted by Crippen LogP contribution is -2.08. The van der Waals surface area contributed by atoms with Crippen LogP contribution in [0.4, 0.5) is 5.69 Å². The fraction of sp³-hybridized carbons (Fsp3) is 0.364. The predicted molar refractivity (Wildman–Crippen MR) is 55.9 cm³/mol. The molecule has 1 rings (SSSR count). The Morgan fingerprint density at radius 2 is 2.21 bits per heavy atom. The van der Waals surface area contributed by atoms with E-state index in [1.807, 2.05) is 25.1 Å². The van der Waals surface area contributed by atoms with Crippen LogP contribution in [-0.2, 0) is 16.0 Å². The van der Waals surface area contributed by atoms with Crippen molar-refractivity contribution in [2.24, 2.45) is 0 Å². The zero-order valence-electron chi connectivity index (χ0n) is 8.54. The van der Waals surface area contributed by atoms with E-state index in [-0.39, 0.29) is 5.97 Å². The minimum absolute atomic E-state index is 0.207. The number of carbonyl (C=O) groups is 1. The maximum Gasteiger partial charge on any atom is 0.310 e. The molecule has 3 heteroatoms. The molecule has 0 heterocycles. The molecule has 0 saturated carbocycles. The van der Waals surface area contributed by atoms with E-state index in [4.69, 9.17) is 10.5 Å². The van der Waals surface area contributed by atoms with Gasteiger partial charge in [0.05, 0.1) is 13.0 Å². The average Bonchev–Trinajstić information content (AvgIpc) is 2.12. The van der Waals surface area contributed by atoms with Crippen molar-refractivity contribution in [3.63, 3.8) is 0 Å². The van der Waals surface area contributed by atoms with Crippen molar-refractivity contribution in [3.8, 4) is 0 Å². The van der Waals surface area contributed by atoms with Gasteiger partial charge in [-0.05, 0) is 37.1 Å². The Bertz CT molecular complexity index is 334. The second-order valence-electron chi connectivity index (χ2n) is 3.17. The van der Waals surface area contributed by atoms with Crippen molar-refractivity contribution in [1.29, 1.82) is 0 Å². The highest BCUT2D eigenvalue weighted by Crippen LogP contribution is 2.13. The molecule has 0 aliphatic carbocycles. The van der Waals surface area contributed by atoms with Crippen LogP contribution >= 0.6 is 0 Å². The van der Waals surface area contributed by atoms with E-state index in [0.717, 1.165) is 11.1 Å². The molecule has 0 aliphatic heterocycles. The second kappa shape index (κ2) is 4.65. The van der Waals surface area contributed by atoms with Gasteiger partial charge in [-0.1, -0.05) is 6.07 Å². The Hall–Kier alpha value is -1.51. The van der Waals surface area contributed by atoms with E-state index in [0.29, 0.717) is 18.7 Å². The fourth-order valence-electron chi connectivity index (χ4n) is 1.25. The minimum atomic E-state index is -0.207. The van der Waals surface area contributed by atoms with Crippen LogP contribution in [0.1, 0.15) is 18.1 Å². The molecule has 0 spiro atoms. The van der Waals surface area contributed by atoms with Crippen molar-refractivity contribution in [2.45, 2.75) is 20.3 Å². The molecule has 14 heavy (non-hydrogen) atoms. The van der Waals surface area contributed by atoms with E-state index in [2.05, 4.69) is 0 Å². The lowest BCUT2D eigenvalue weighted by molar-refractivity contribution is -0.142. The molecule has 76 valence electrons. The monoisotopic (exact) mass is 193 g/mol. The number of carbonyl (C=O) groups excluding carboxylic acids is 1. The third kappa shape index (κ3) is 2.76. The number of benzene rings is 1. The molecule has 3 nitrogen and oxygen atoms in total. The van der Waals surface area contributed by atoms with Gasteiger partial charge in [0.15, 0.2) is 0 Å². The Balaban J connectivity index is 2.75. The van der Waals surface area contributed by atoms with Gasteiger partial charge in [0, 0.05) is 5.69 Å². The SMILES string of the molecule is CCOC(=O)Cc1cc(N)ccc1C. The topological polar surface area (TPSA) is 52.3 Å². The van der Waals surface area contributed by atoms with Crippen LogP contribution in [0.3, 0.4) is 0 Å². The van der Waals surface area contributed by atoms with E-state index < -0.39 is 0 Å². The molecule has 0 atom stereocenters.